The van der Waals surface area contributed by atoms with Crippen LogP contribution in [-0.4, -0.2) is 78.1 Å². The summed E-state index contributed by atoms with van der Waals surface area (Å²) in [6.45, 7) is 3.23. The third-order valence-corrected chi connectivity index (χ3v) is 7.47. The molecule has 1 saturated heterocycles. The van der Waals surface area contributed by atoms with Gasteiger partial charge in [0.2, 0.25) is 15.9 Å². The Hall–Kier alpha value is -3.05. The lowest BCUT2D eigenvalue weighted by Gasteiger charge is -2.34. The minimum atomic E-state index is -3.78. The Kier molecular flexibility index (Phi) is 4.94. The van der Waals surface area contributed by atoms with Crippen LogP contribution in [0.5, 0.6) is 0 Å². The Balaban J connectivity index is 1.41. The van der Waals surface area contributed by atoms with Crippen LogP contribution < -0.4 is 0 Å². The molecule has 4 rings (SSSR count). The molecule has 0 saturated carbocycles. The van der Waals surface area contributed by atoms with Gasteiger partial charge >= 0.3 is 0 Å². The lowest BCUT2D eigenvalue weighted by Crippen LogP contribution is -2.53. The highest BCUT2D eigenvalue weighted by Gasteiger charge is 2.38. The minimum absolute atomic E-state index is 0.0494. The zero-order chi connectivity index (χ0) is 21.6. The van der Waals surface area contributed by atoms with Crippen molar-refractivity contribution in [2.24, 2.45) is 0 Å². The van der Waals surface area contributed by atoms with E-state index >= 15 is 0 Å². The largest absolute Gasteiger partial charge is 0.360 e. The second-order valence-electron chi connectivity index (χ2n) is 7.18. The Morgan fingerprint density at radius 3 is 2.10 bits per heavy atom. The highest BCUT2D eigenvalue weighted by Crippen LogP contribution is 2.25. The van der Waals surface area contributed by atoms with Crippen molar-refractivity contribution in [2.75, 3.05) is 32.7 Å². The van der Waals surface area contributed by atoms with Gasteiger partial charge in [-0.25, -0.2) is 8.42 Å². The van der Waals surface area contributed by atoms with Gasteiger partial charge < -0.3 is 9.42 Å². The van der Waals surface area contributed by atoms with Gasteiger partial charge in [0.25, 0.3) is 11.8 Å². The van der Waals surface area contributed by atoms with Crippen molar-refractivity contribution < 1.29 is 27.3 Å². The van der Waals surface area contributed by atoms with Gasteiger partial charge in [-0.15, -0.1) is 0 Å². The second kappa shape index (κ2) is 7.33. The van der Waals surface area contributed by atoms with E-state index in [-0.39, 0.29) is 60.2 Å². The summed E-state index contributed by atoms with van der Waals surface area (Å²) >= 11 is 0. The van der Waals surface area contributed by atoms with E-state index in [9.17, 15) is 22.8 Å². The summed E-state index contributed by atoms with van der Waals surface area (Å²) in [5, 5.41) is 3.69. The Labute approximate surface area is 173 Å². The van der Waals surface area contributed by atoms with Gasteiger partial charge in [0.15, 0.2) is 5.76 Å². The maximum absolute atomic E-state index is 12.9. The van der Waals surface area contributed by atoms with Crippen LogP contribution in [0, 0.1) is 13.8 Å². The first-order valence-electron chi connectivity index (χ1n) is 9.38. The van der Waals surface area contributed by atoms with Crippen molar-refractivity contribution in [3.8, 4) is 0 Å². The number of fused-ring (bicyclic) bond motifs is 1. The van der Waals surface area contributed by atoms with Crippen LogP contribution in [0.1, 0.15) is 32.2 Å². The molecule has 0 aliphatic carbocycles. The van der Waals surface area contributed by atoms with Crippen LogP contribution >= 0.6 is 0 Å². The highest BCUT2D eigenvalue weighted by molar-refractivity contribution is 7.89. The van der Waals surface area contributed by atoms with Gasteiger partial charge in [-0.1, -0.05) is 17.3 Å². The third-order valence-electron chi connectivity index (χ3n) is 5.33. The average molecular weight is 432 g/mol. The first kappa shape index (κ1) is 20.2. The molecule has 158 valence electrons. The van der Waals surface area contributed by atoms with Crippen LogP contribution in [0.4, 0.5) is 0 Å². The monoisotopic (exact) mass is 432 g/mol. The van der Waals surface area contributed by atoms with Crippen LogP contribution in [0.3, 0.4) is 0 Å². The van der Waals surface area contributed by atoms with Gasteiger partial charge in [-0.2, -0.15) is 4.31 Å². The van der Waals surface area contributed by atoms with Gasteiger partial charge in [0.05, 0.1) is 11.1 Å². The molecule has 0 N–H and O–H groups in total. The molecular formula is C19H20N4O6S. The van der Waals surface area contributed by atoms with Crippen molar-refractivity contribution in [3.05, 3.63) is 46.8 Å². The Morgan fingerprint density at radius 2 is 1.60 bits per heavy atom. The molecule has 0 radical (unpaired) electrons. The summed E-state index contributed by atoms with van der Waals surface area (Å²) in [6.07, 6.45) is 0. The van der Waals surface area contributed by atoms with Gasteiger partial charge in [-0.3, -0.25) is 19.3 Å². The molecule has 0 spiro atoms. The summed E-state index contributed by atoms with van der Waals surface area (Å²) in [4.78, 5) is 40.0. The van der Waals surface area contributed by atoms with E-state index in [1.807, 2.05) is 0 Å². The average Bonchev–Trinajstić information content (AvgIpc) is 3.20. The normalized spacial score (nSPS) is 17.5. The molecule has 2 aliphatic rings. The molecule has 11 heteroatoms. The van der Waals surface area contributed by atoms with Gasteiger partial charge in [-0.05, 0) is 26.0 Å². The summed E-state index contributed by atoms with van der Waals surface area (Å²) in [6, 6.07) is 6.43. The predicted molar refractivity (Wildman–Crippen MR) is 103 cm³/mol. The molecule has 2 aromatic rings. The van der Waals surface area contributed by atoms with Crippen molar-refractivity contribution in [3.63, 3.8) is 0 Å². The van der Waals surface area contributed by atoms with Gasteiger partial charge in [0, 0.05) is 26.2 Å². The van der Waals surface area contributed by atoms with E-state index in [1.165, 1.54) is 16.1 Å². The molecule has 3 heterocycles. The molecule has 3 amide bonds. The van der Waals surface area contributed by atoms with E-state index in [0.29, 0.717) is 0 Å². The number of nitrogens with zero attached hydrogens (tertiary/aromatic N) is 4. The number of aryl methyl sites for hydroxylation is 2. The maximum Gasteiger partial charge on any atom is 0.262 e. The SMILES string of the molecule is Cc1noc(C)c1S(=O)(=O)N1CCN(C(=O)CN2C(=O)c3ccccc3C2=O)CC1. The molecule has 1 fully saturated rings. The first-order chi connectivity index (χ1) is 14.2. The Morgan fingerprint density at radius 1 is 1.03 bits per heavy atom. The number of sulfonamides is 1. The van der Waals surface area contributed by atoms with E-state index in [0.717, 1.165) is 4.90 Å². The number of hydrogen-bond acceptors (Lipinski definition) is 7. The maximum atomic E-state index is 12.9. The number of hydrogen-bond donors (Lipinski definition) is 0. The standard InChI is InChI=1S/C19H20N4O6S/c1-12-17(13(2)29-20-12)30(27,28)22-9-7-21(8-10-22)16(24)11-23-18(25)14-5-3-4-6-15(14)19(23)26/h3-6H,7-11H2,1-2H3. The number of imide groups is 1. The smallest absolute Gasteiger partial charge is 0.262 e. The van der Waals surface area contributed by atoms with E-state index in [4.69, 9.17) is 4.52 Å². The van der Waals surface area contributed by atoms with E-state index in [1.54, 1.807) is 31.2 Å². The van der Waals surface area contributed by atoms with Crippen molar-refractivity contribution in [2.45, 2.75) is 18.7 Å². The lowest BCUT2D eigenvalue weighted by molar-refractivity contribution is -0.132. The number of carbonyl (C=O) groups is 3. The fraction of sp³-hybridized carbons (Fsp3) is 0.368. The zero-order valence-corrected chi connectivity index (χ0v) is 17.3. The summed E-state index contributed by atoms with van der Waals surface area (Å²) in [5.74, 6) is -1.18. The molecule has 0 bridgehead atoms. The quantitative estimate of drug-likeness (QED) is 0.642. The molecule has 0 unspecified atom stereocenters. The minimum Gasteiger partial charge on any atom is -0.360 e. The molecule has 0 atom stereocenters. The molecule has 10 nitrogen and oxygen atoms in total. The molecule has 30 heavy (non-hydrogen) atoms. The first-order valence-corrected chi connectivity index (χ1v) is 10.8. The number of aromatic nitrogens is 1. The number of benzene rings is 1. The summed E-state index contributed by atoms with van der Waals surface area (Å²) in [7, 11) is -3.78. The fourth-order valence-corrected chi connectivity index (χ4v) is 5.48. The van der Waals surface area contributed by atoms with E-state index in [2.05, 4.69) is 5.16 Å². The van der Waals surface area contributed by atoms with Crippen LogP contribution in [0.15, 0.2) is 33.7 Å². The van der Waals surface area contributed by atoms with E-state index < -0.39 is 27.7 Å². The van der Waals surface area contributed by atoms with Crippen molar-refractivity contribution in [1.29, 1.82) is 0 Å². The molecule has 2 aliphatic heterocycles. The lowest BCUT2D eigenvalue weighted by atomic mass is 10.1. The van der Waals surface area contributed by atoms with Gasteiger partial charge in [0.1, 0.15) is 17.1 Å². The molecule has 1 aromatic heterocycles. The fourth-order valence-electron chi connectivity index (χ4n) is 3.77. The number of rotatable bonds is 4. The zero-order valence-electron chi connectivity index (χ0n) is 16.5. The third kappa shape index (κ3) is 3.19. The topological polar surface area (TPSA) is 121 Å². The number of amides is 3. The number of carbonyl (C=O) groups excluding carboxylic acids is 3. The molecular weight excluding hydrogens is 412 g/mol. The predicted octanol–water partition coefficient (Wildman–Crippen LogP) is 0.421. The van der Waals surface area contributed by atoms with Crippen molar-refractivity contribution in [1.82, 2.24) is 19.3 Å². The summed E-state index contributed by atoms with van der Waals surface area (Å²) < 4.78 is 32.0. The van der Waals surface area contributed by atoms with Crippen LogP contribution in [0.25, 0.3) is 0 Å². The van der Waals surface area contributed by atoms with Crippen molar-refractivity contribution >= 4 is 27.7 Å². The highest BCUT2D eigenvalue weighted by atomic mass is 32.2. The number of piperazine rings is 1. The Bertz CT molecular complexity index is 1090. The second-order valence-corrected chi connectivity index (χ2v) is 9.05. The molecule has 1 aromatic carbocycles. The summed E-state index contributed by atoms with van der Waals surface area (Å²) in [5.41, 5.74) is 0.855. The van der Waals surface area contributed by atoms with Crippen LogP contribution in [-0.2, 0) is 14.8 Å². The van der Waals surface area contributed by atoms with Crippen LogP contribution in [0.2, 0.25) is 0 Å².